The lowest BCUT2D eigenvalue weighted by atomic mass is 9.89. The molecule has 3 N–H and O–H groups in total. The minimum absolute atomic E-state index is 0.151. The van der Waals surface area contributed by atoms with E-state index in [-0.39, 0.29) is 5.91 Å². The van der Waals surface area contributed by atoms with Crippen molar-refractivity contribution in [2.45, 2.75) is 51.0 Å². The highest BCUT2D eigenvalue weighted by atomic mass is 16.1. The molecule has 1 saturated heterocycles. The average molecular weight is 253 g/mol. The zero-order chi connectivity index (χ0) is 13.0. The fourth-order valence-electron chi connectivity index (χ4n) is 2.90. The van der Waals surface area contributed by atoms with E-state index in [1.165, 1.54) is 19.3 Å². The Morgan fingerprint density at radius 3 is 2.78 bits per heavy atom. The van der Waals surface area contributed by atoms with Crippen molar-refractivity contribution in [3.8, 4) is 0 Å². The zero-order valence-electron chi connectivity index (χ0n) is 11.6. The van der Waals surface area contributed by atoms with Crippen molar-refractivity contribution in [2.24, 2.45) is 11.7 Å². The third-order valence-corrected chi connectivity index (χ3v) is 4.37. The van der Waals surface area contributed by atoms with Crippen LogP contribution in [0.1, 0.15) is 45.4 Å². The van der Waals surface area contributed by atoms with Gasteiger partial charge in [0.15, 0.2) is 0 Å². The van der Waals surface area contributed by atoms with Crippen molar-refractivity contribution in [3.63, 3.8) is 0 Å². The first-order valence-corrected chi connectivity index (χ1v) is 7.43. The summed E-state index contributed by atoms with van der Waals surface area (Å²) in [5.74, 6) is 0.637. The molecule has 2 aliphatic rings. The van der Waals surface area contributed by atoms with Crippen LogP contribution in [-0.4, -0.2) is 42.5 Å². The molecule has 18 heavy (non-hydrogen) atoms. The van der Waals surface area contributed by atoms with E-state index in [1.54, 1.807) is 0 Å². The molecule has 0 bridgehead atoms. The van der Waals surface area contributed by atoms with E-state index >= 15 is 0 Å². The van der Waals surface area contributed by atoms with Gasteiger partial charge in [0, 0.05) is 6.54 Å². The lowest BCUT2D eigenvalue weighted by Crippen LogP contribution is -2.56. The van der Waals surface area contributed by atoms with Gasteiger partial charge in [0.25, 0.3) is 0 Å². The fourth-order valence-corrected chi connectivity index (χ4v) is 2.90. The molecule has 2 rings (SSSR count). The summed E-state index contributed by atoms with van der Waals surface area (Å²) in [5.41, 5.74) is 5.24. The molecule has 0 aromatic heterocycles. The molecule has 1 aliphatic heterocycles. The highest BCUT2D eigenvalue weighted by Gasteiger charge is 2.38. The Labute approximate surface area is 110 Å². The first-order chi connectivity index (χ1) is 8.66. The topological polar surface area (TPSA) is 58.4 Å². The maximum Gasteiger partial charge on any atom is 0.237 e. The molecule has 1 amide bonds. The third kappa shape index (κ3) is 3.45. The van der Waals surface area contributed by atoms with Crippen LogP contribution in [0.3, 0.4) is 0 Å². The minimum atomic E-state index is -0.439. The van der Waals surface area contributed by atoms with Gasteiger partial charge in [0.1, 0.15) is 0 Å². The molecule has 4 heteroatoms. The van der Waals surface area contributed by atoms with Crippen molar-refractivity contribution in [1.82, 2.24) is 10.2 Å². The molecule has 0 aromatic rings. The number of amides is 1. The molecule has 0 aromatic carbocycles. The molecule has 104 valence electrons. The van der Waals surface area contributed by atoms with E-state index in [0.29, 0.717) is 0 Å². The number of carbonyl (C=O) groups excluding carboxylic acids is 1. The predicted octanol–water partition coefficient (Wildman–Crippen LogP) is 1.11. The number of hydrogen-bond donors (Lipinski definition) is 2. The quantitative estimate of drug-likeness (QED) is 0.745. The monoisotopic (exact) mass is 253 g/mol. The van der Waals surface area contributed by atoms with E-state index in [0.717, 1.165) is 51.4 Å². The number of primary amides is 1. The Hall–Kier alpha value is -0.610. The van der Waals surface area contributed by atoms with Crippen LogP contribution in [0, 0.1) is 5.92 Å². The smallest absolute Gasteiger partial charge is 0.237 e. The van der Waals surface area contributed by atoms with E-state index < -0.39 is 5.54 Å². The molecule has 0 radical (unpaired) electrons. The van der Waals surface area contributed by atoms with Gasteiger partial charge in [0.2, 0.25) is 5.91 Å². The van der Waals surface area contributed by atoms with Crippen LogP contribution in [0.4, 0.5) is 0 Å². The van der Waals surface area contributed by atoms with Crippen LogP contribution in [0.2, 0.25) is 0 Å². The Kier molecular flexibility index (Phi) is 4.62. The highest BCUT2D eigenvalue weighted by Crippen LogP contribution is 2.30. The SMILES string of the molecule is CCCN1CCCC(NCC2CC2)(C(N)=O)CC1. The Bertz CT molecular complexity index is 291. The number of carbonyl (C=O) groups is 1. The highest BCUT2D eigenvalue weighted by molar-refractivity contribution is 5.84. The van der Waals surface area contributed by atoms with Gasteiger partial charge < -0.3 is 16.0 Å². The van der Waals surface area contributed by atoms with Crippen molar-refractivity contribution >= 4 is 5.91 Å². The lowest BCUT2D eigenvalue weighted by Gasteiger charge is -2.31. The maximum atomic E-state index is 11.9. The van der Waals surface area contributed by atoms with Gasteiger partial charge in [-0.05, 0) is 64.1 Å². The van der Waals surface area contributed by atoms with Gasteiger partial charge in [-0.1, -0.05) is 6.92 Å². The molecule has 4 nitrogen and oxygen atoms in total. The molecule has 0 spiro atoms. The first kappa shape index (κ1) is 13.8. The van der Waals surface area contributed by atoms with E-state index in [1.807, 2.05) is 0 Å². The Morgan fingerprint density at radius 2 is 2.17 bits per heavy atom. The molecular weight excluding hydrogens is 226 g/mol. The average Bonchev–Trinajstić information content (AvgIpc) is 3.14. The summed E-state index contributed by atoms with van der Waals surface area (Å²) < 4.78 is 0. The molecule has 1 atom stereocenters. The molecular formula is C14H27N3O. The van der Waals surface area contributed by atoms with Gasteiger partial charge in [-0.3, -0.25) is 4.79 Å². The van der Waals surface area contributed by atoms with Crippen molar-refractivity contribution < 1.29 is 4.79 Å². The van der Waals surface area contributed by atoms with Crippen molar-refractivity contribution in [1.29, 1.82) is 0 Å². The van der Waals surface area contributed by atoms with Crippen molar-refractivity contribution in [3.05, 3.63) is 0 Å². The van der Waals surface area contributed by atoms with Crippen LogP contribution in [0.5, 0.6) is 0 Å². The summed E-state index contributed by atoms with van der Waals surface area (Å²) >= 11 is 0. The molecule has 1 aliphatic carbocycles. The molecule has 1 heterocycles. The van der Waals surface area contributed by atoms with Crippen LogP contribution >= 0.6 is 0 Å². The largest absolute Gasteiger partial charge is 0.368 e. The number of likely N-dealkylation sites (tertiary alicyclic amines) is 1. The van der Waals surface area contributed by atoms with Gasteiger partial charge in [-0.25, -0.2) is 0 Å². The molecule has 1 saturated carbocycles. The van der Waals surface area contributed by atoms with Crippen LogP contribution in [-0.2, 0) is 4.79 Å². The number of nitrogens with one attached hydrogen (secondary N) is 1. The molecule has 2 fully saturated rings. The van der Waals surface area contributed by atoms with Gasteiger partial charge in [0.05, 0.1) is 5.54 Å². The van der Waals surface area contributed by atoms with Crippen LogP contribution in [0.25, 0.3) is 0 Å². The predicted molar refractivity (Wildman–Crippen MR) is 73.2 cm³/mol. The molecule has 1 unspecified atom stereocenters. The summed E-state index contributed by atoms with van der Waals surface area (Å²) in [6, 6.07) is 0. The normalized spacial score (nSPS) is 30.1. The Morgan fingerprint density at radius 1 is 1.39 bits per heavy atom. The van der Waals surface area contributed by atoms with Crippen LogP contribution < -0.4 is 11.1 Å². The Balaban J connectivity index is 1.93. The number of nitrogens with zero attached hydrogens (tertiary/aromatic N) is 1. The third-order valence-electron chi connectivity index (χ3n) is 4.37. The second-order valence-corrected chi connectivity index (χ2v) is 5.97. The minimum Gasteiger partial charge on any atom is -0.368 e. The van der Waals surface area contributed by atoms with Gasteiger partial charge >= 0.3 is 0 Å². The van der Waals surface area contributed by atoms with Crippen LogP contribution in [0.15, 0.2) is 0 Å². The zero-order valence-corrected chi connectivity index (χ0v) is 11.6. The summed E-state index contributed by atoms with van der Waals surface area (Å²) in [6.45, 7) is 6.41. The fraction of sp³-hybridized carbons (Fsp3) is 0.929. The van der Waals surface area contributed by atoms with Crippen molar-refractivity contribution in [2.75, 3.05) is 26.2 Å². The van der Waals surface area contributed by atoms with Gasteiger partial charge in [-0.2, -0.15) is 0 Å². The summed E-state index contributed by atoms with van der Waals surface area (Å²) in [6.07, 6.45) is 6.64. The van der Waals surface area contributed by atoms with Gasteiger partial charge in [-0.15, -0.1) is 0 Å². The number of rotatable bonds is 6. The summed E-state index contributed by atoms with van der Waals surface area (Å²) in [4.78, 5) is 14.3. The standard InChI is InChI=1S/C14H27N3O/c1-2-8-17-9-3-6-14(7-10-17,13(15)18)16-11-12-4-5-12/h12,16H,2-11H2,1H3,(H2,15,18). The lowest BCUT2D eigenvalue weighted by molar-refractivity contribution is -0.125. The van der Waals surface area contributed by atoms with E-state index in [2.05, 4.69) is 17.1 Å². The second-order valence-electron chi connectivity index (χ2n) is 5.97. The second kappa shape index (κ2) is 6.02. The maximum absolute atomic E-state index is 11.9. The summed E-state index contributed by atoms with van der Waals surface area (Å²) in [7, 11) is 0. The number of hydrogen-bond acceptors (Lipinski definition) is 3. The number of nitrogens with two attached hydrogens (primary N) is 1. The first-order valence-electron chi connectivity index (χ1n) is 7.43. The summed E-state index contributed by atoms with van der Waals surface area (Å²) in [5, 5.41) is 3.50. The van der Waals surface area contributed by atoms with E-state index in [4.69, 9.17) is 5.73 Å². The van der Waals surface area contributed by atoms with E-state index in [9.17, 15) is 4.79 Å².